The van der Waals surface area contributed by atoms with E-state index >= 15 is 0 Å². The predicted octanol–water partition coefficient (Wildman–Crippen LogP) is 2.85. The van der Waals surface area contributed by atoms with Crippen LogP contribution >= 0.6 is 22.7 Å². The summed E-state index contributed by atoms with van der Waals surface area (Å²) in [5, 5.41) is 2.09. The molecule has 0 spiro atoms. The monoisotopic (exact) mass is 267 g/mol. The molecule has 0 saturated carbocycles. The molecule has 2 aromatic heterocycles. The summed E-state index contributed by atoms with van der Waals surface area (Å²) >= 11 is 3.52. The minimum atomic E-state index is -0.275. The predicted molar refractivity (Wildman–Crippen MR) is 70.3 cm³/mol. The SMILES string of the molecule is NC1COC(c2ccc(-c3cccs3)s2)CO1. The molecule has 2 unspecified atom stereocenters. The highest BCUT2D eigenvalue weighted by atomic mass is 32.1. The average Bonchev–Trinajstić information content (AvgIpc) is 3.00. The number of rotatable bonds is 2. The Hall–Kier alpha value is -0.720. The Labute approximate surface area is 108 Å². The van der Waals surface area contributed by atoms with Gasteiger partial charge in [-0.3, -0.25) is 0 Å². The smallest absolute Gasteiger partial charge is 0.129 e. The molecule has 3 heterocycles. The summed E-state index contributed by atoms with van der Waals surface area (Å²) in [5.74, 6) is 0. The van der Waals surface area contributed by atoms with Crippen molar-refractivity contribution >= 4 is 22.7 Å². The highest BCUT2D eigenvalue weighted by Crippen LogP contribution is 2.35. The van der Waals surface area contributed by atoms with Gasteiger partial charge in [0, 0.05) is 14.6 Å². The van der Waals surface area contributed by atoms with Crippen LogP contribution in [-0.4, -0.2) is 19.4 Å². The summed E-state index contributed by atoms with van der Waals surface area (Å²) < 4.78 is 11.1. The molecule has 0 aliphatic carbocycles. The molecule has 5 heteroatoms. The number of ether oxygens (including phenoxy) is 2. The number of thiophene rings is 2. The van der Waals surface area contributed by atoms with Crippen molar-refractivity contribution in [3.8, 4) is 9.75 Å². The van der Waals surface area contributed by atoms with Gasteiger partial charge in [-0.25, -0.2) is 0 Å². The lowest BCUT2D eigenvalue weighted by atomic mass is 10.3. The first-order valence-corrected chi connectivity index (χ1v) is 7.15. The molecule has 3 rings (SSSR count). The molecule has 0 radical (unpaired) electrons. The van der Waals surface area contributed by atoms with Crippen LogP contribution in [0.5, 0.6) is 0 Å². The van der Waals surface area contributed by atoms with Gasteiger partial charge in [-0.1, -0.05) is 6.07 Å². The van der Waals surface area contributed by atoms with Gasteiger partial charge in [-0.2, -0.15) is 0 Å². The van der Waals surface area contributed by atoms with Crippen LogP contribution < -0.4 is 5.73 Å². The Morgan fingerprint density at radius 2 is 2.06 bits per heavy atom. The van der Waals surface area contributed by atoms with Crippen molar-refractivity contribution in [2.45, 2.75) is 12.3 Å². The van der Waals surface area contributed by atoms with Crippen LogP contribution in [0.2, 0.25) is 0 Å². The molecule has 0 bridgehead atoms. The van der Waals surface area contributed by atoms with Crippen molar-refractivity contribution in [2.75, 3.05) is 13.2 Å². The minimum Gasteiger partial charge on any atom is -0.366 e. The van der Waals surface area contributed by atoms with Gasteiger partial charge in [-0.05, 0) is 23.6 Å². The van der Waals surface area contributed by atoms with Crippen LogP contribution in [0.15, 0.2) is 29.6 Å². The molecule has 0 amide bonds. The first kappa shape index (κ1) is 11.4. The first-order chi connectivity index (χ1) is 8.33. The third-order valence-electron chi connectivity index (χ3n) is 2.63. The second-order valence-electron chi connectivity index (χ2n) is 3.87. The van der Waals surface area contributed by atoms with Gasteiger partial charge in [0.05, 0.1) is 13.2 Å². The zero-order chi connectivity index (χ0) is 11.7. The van der Waals surface area contributed by atoms with Crippen molar-refractivity contribution < 1.29 is 9.47 Å². The van der Waals surface area contributed by atoms with Crippen LogP contribution in [0.25, 0.3) is 9.75 Å². The van der Waals surface area contributed by atoms with Crippen LogP contribution in [0.4, 0.5) is 0 Å². The van der Waals surface area contributed by atoms with Gasteiger partial charge in [0.25, 0.3) is 0 Å². The highest BCUT2D eigenvalue weighted by molar-refractivity contribution is 7.21. The maximum Gasteiger partial charge on any atom is 0.129 e. The van der Waals surface area contributed by atoms with Gasteiger partial charge in [0.1, 0.15) is 12.3 Å². The van der Waals surface area contributed by atoms with Crippen LogP contribution in [0, 0.1) is 0 Å². The van der Waals surface area contributed by atoms with E-state index in [1.807, 2.05) is 0 Å². The summed E-state index contributed by atoms with van der Waals surface area (Å²) in [5.41, 5.74) is 5.62. The quantitative estimate of drug-likeness (QED) is 0.910. The number of hydrogen-bond acceptors (Lipinski definition) is 5. The highest BCUT2D eigenvalue weighted by Gasteiger charge is 2.22. The summed E-state index contributed by atoms with van der Waals surface area (Å²) in [6.07, 6.45) is -0.239. The zero-order valence-corrected chi connectivity index (χ0v) is 10.8. The molecule has 3 nitrogen and oxygen atoms in total. The van der Waals surface area contributed by atoms with Crippen molar-refractivity contribution in [3.05, 3.63) is 34.5 Å². The van der Waals surface area contributed by atoms with Gasteiger partial charge < -0.3 is 15.2 Å². The van der Waals surface area contributed by atoms with Crippen LogP contribution in [0.3, 0.4) is 0 Å². The standard InChI is InChI=1S/C12H13NO2S2/c13-12-7-14-8(6-15-12)9-3-4-11(17-9)10-2-1-5-16-10/h1-5,8,12H,6-7,13H2. The van der Waals surface area contributed by atoms with E-state index in [4.69, 9.17) is 15.2 Å². The van der Waals surface area contributed by atoms with Crippen molar-refractivity contribution in [2.24, 2.45) is 5.73 Å². The fourth-order valence-electron chi connectivity index (χ4n) is 1.76. The average molecular weight is 267 g/mol. The Morgan fingerprint density at radius 1 is 1.12 bits per heavy atom. The van der Waals surface area contributed by atoms with Gasteiger partial charge >= 0.3 is 0 Å². The first-order valence-electron chi connectivity index (χ1n) is 5.45. The molecule has 1 saturated heterocycles. The van der Waals surface area contributed by atoms with E-state index < -0.39 is 0 Å². The lowest BCUT2D eigenvalue weighted by Crippen LogP contribution is -2.37. The topological polar surface area (TPSA) is 44.5 Å². The molecule has 0 aromatic carbocycles. The Kier molecular flexibility index (Phi) is 3.26. The van der Waals surface area contributed by atoms with E-state index in [0.29, 0.717) is 13.2 Å². The van der Waals surface area contributed by atoms with Crippen LogP contribution in [-0.2, 0) is 9.47 Å². The lowest BCUT2D eigenvalue weighted by molar-refractivity contribution is -0.131. The fourth-order valence-corrected chi connectivity index (χ4v) is 3.64. The molecule has 2 aromatic rings. The number of nitrogens with two attached hydrogens (primary N) is 1. The van der Waals surface area contributed by atoms with E-state index in [1.165, 1.54) is 14.6 Å². The largest absolute Gasteiger partial charge is 0.366 e. The minimum absolute atomic E-state index is 0.0357. The summed E-state index contributed by atoms with van der Waals surface area (Å²) in [6, 6.07) is 8.46. The van der Waals surface area contributed by atoms with Crippen molar-refractivity contribution in [1.29, 1.82) is 0 Å². The summed E-state index contributed by atoms with van der Waals surface area (Å²) in [7, 11) is 0. The molecule has 90 valence electrons. The second-order valence-corrected chi connectivity index (χ2v) is 5.94. The maximum absolute atomic E-state index is 5.67. The maximum atomic E-state index is 5.67. The molecule has 17 heavy (non-hydrogen) atoms. The van der Waals surface area contributed by atoms with Gasteiger partial charge in [-0.15, -0.1) is 22.7 Å². The van der Waals surface area contributed by atoms with E-state index in [2.05, 4.69) is 29.6 Å². The van der Waals surface area contributed by atoms with Gasteiger partial charge in [0.15, 0.2) is 0 Å². The van der Waals surface area contributed by atoms with Crippen molar-refractivity contribution in [1.82, 2.24) is 0 Å². The zero-order valence-electron chi connectivity index (χ0n) is 9.17. The molecule has 1 fully saturated rings. The van der Waals surface area contributed by atoms with E-state index in [9.17, 15) is 0 Å². The lowest BCUT2D eigenvalue weighted by Gasteiger charge is -2.26. The summed E-state index contributed by atoms with van der Waals surface area (Å²) in [4.78, 5) is 3.79. The molecule has 2 atom stereocenters. The number of hydrogen-bond donors (Lipinski definition) is 1. The summed E-state index contributed by atoms with van der Waals surface area (Å²) in [6.45, 7) is 1.02. The second kappa shape index (κ2) is 4.88. The molecular weight excluding hydrogens is 254 g/mol. The van der Waals surface area contributed by atoms with E-state index in [1.54, 1.807) is 22.7 Å². The van der Waals surface area contributed by atoms with Gasteiger partial charge in [0.2, 0.25) is 0 Å². The molecule has 2 N–H and O–H groups in total. The molecular formula is C12H13NO2S2. The molecule has 1 aliphatic rings. The molecule has 1 aliphatic heterocycles. The Bertz CT molecular complexity index is 472. The van der Waals surface area contributed by atoms with Crippen molar-refractivity contribution in [3.63, 3.8) is 0 Å². The Balaban J connectivity index is 1.76. The van der Waals surface area contributed by atoms with E-state index in [0.717, 1.165) is 0 Å². The third-order valence-corrected chi connectivity index (χ3v) is 4.87. The van der Waals surface area contributed by atoms with E-state index in [-0.39, 0.29) is 12.3 Å². The fraction of sp³-hybridized carbons (Fsp3) is 0.333. The van der Waals surface area contributed by atoms with Crippen LogP contribution in [0.1, 0.15) is 11.0 Å². The third kappa shape index (κ3) is 2.43. The normalized spacial score (nSPS) is 25.0. The Morgan fingerprint density at radius 3 is 2.76 bits per heavy atom.